The van der Waals surface area contributed by atoms with Gasteiger partial charge < -0.3 is 5.32 Å². The standard InChI is InChI=1S/C17H13ClN2O/c1-12-4-2-7-16(8-12)20-17(21)14(11-19)9-13-5-3-6-15(18)10-13/h2-10H,1H3,(H,20,21)/b14-9-. The van der Waals surface area contributed by atoms with E-state index in [4.69, 9.17) is 16.9 Å². The van der Waals surface area contributed by atoms with Gasteiger partial charge in [-0.3, -0.25) is 4.79 Å². The zero-order valence-corrected chi connectivity index (χ0v) is 12.2. The number of rotatable bonds is 3. The van der Waals surface area contributed by atoms with Crippen molar-refractivity contribution < 1.29 is 4.79 Å². The van der Waals surface area contributed by atoms with Crippen LogP contribution >= 0.6 is 11.6 Å². The molecule has 1 amide bonds. The number of anilines is 1. The van der Waals surface area contributed by atoms with Crippen molar-refractivity contribution in [2.45, 2.75) is 6.92 Å². The van der Waals surface area contributed by atoms with Crippen molar-refractivity contribution in [1.82, 2.24) is 0 Å². The van der Waals surface area contributed by atoms with Crippen molar-refractivity contribution >= 4 is 29.3 Å². The smallest absolute Gasteiger partial charge is 0.266 e. The third kappa shape index (κ3) is 4.20. The van der Waals surface area contributed by atoms with E-state index in [-0.39, 0.29) is 5.57 Å². The molecule has 0 unspecified atom stereocenters. The highest BCUT2D eigenvalue weighted by atomic mass is 35.5. The maximum Gasteiger partial charge on any atom is 0.266 e. The van der Waals surface area contributed by atoms with Crippen LogP contribution in [0.5, 0.6) is 0 Å². The number of amides is 1. The summed E-state index contributed by atoms with van der Waals surface area (Å²) in [7, 11) is 0. The Bertz CT molecular complexity index is 744. The molecular weight excluding hydrogens is 284 g/mol. The number of halogens is 1. The molecule has 0 fully saturated rings. The van der Waals surface area contributed by atoms with E-state index in [1.807, 2.05) is 31.2 Å². The molecule has 0 saturated carbocycles. The van der Waals surface area contributed by atoms with Crippen molar-refractivity contribution in [2.75, 3.05) is 5.32 Å². The molecule has 0 heterocycles. The number of nitrogens with zero attached hydrogens (tertiary/aromatic N) is 1. The third-order valence-corrected chi connectivity index (χ3v) is 3.04. The molecule has 2 aromatic carbocycles. The molecule has 0 spiro atoms. The van der Waals surface area contributed by atoms with Crippen molar-refractivity contribution in [3.05, 3.63) is 70.3 Å². The highest BCUT2D eigenvalue weighted by Crippen LogP contribution is 2.15. The summed E-state index contributed by atoms with van der Waals surface area (Å²) in [6, 6.07) is 16.3. The van der Waals surface area contributed by atoms with Crippen molar-refractivity contribution in [3.8, 4) is 6.07 Å². The first-order valence-electron chi connectivity index (χ1n) is 6.34. The van der Waals surface area contributed by atoms with Gasteiger partial charge in [0.15, 0.2) is 0 Å². The molecule has 4 heteroatoms. The fraction of sp³-hybridized carbons (Fsp3) is 0.0588. The predicted molar refractivity (Wildman–Crippen MR) is 84.9 cm³/mol. The van der Waals surface area contributed by atoms with Crippen molar-refractivity contribution in [2.24, 2.45) is 0 Å². The van der Waals surface area contributed by atoms with Gasteiger partial charge in [-0.25, -0.2) is 0 Å². The summed E-state index contributed by atoms with van der Waals surface area (Å²) in [6.45, 7) is 1.93. The number of carbonyl (C=O) groups is 1. The fourth-order valence-electron chi connectivity index (χ4n) is 1.83. The summed E-state index contributed by atoms with van der Waals surface area (Å²) >= 11 is 5.89. The van der Waals surface area contributed by atoms with E-state index in [1.54, 1.807) is 30.3 Å². The minimum atomic E-state index is -0.442. The van der Waals surface area contributed by atoms with Gasteiger partial charge in [-0.15, -0.1) is 0 Å². The van der Waals surface area contributed by atoms with Crippen molar-refractivity contribution in [3.63, 3.8) is 0 Å². The highest BCUT2D eigenvalue weighted by Gasteiger charge is 2.09. The summed E-state index contributed by atoms with van der Waals surface area (Å²) in [5.74, 6) is -0.442. The quantitative estimate of drug-likeness (QED) is 0.682. The second-order valence-electron chi connectivity index (χ2n) is 4.55. The number of carbonyl (C=O) groups excluding carboxylic acids is 1. The van der Waals surface area contributed by atoms with Gasteiger partial charge in [-0.1, -0.05) is 35.9 Å². The lowest BCUT2D eigenvalue weighted by Gasteiger charge is -2.05. The van der Waals surface area contributed by atoms with E-state index in [1.165, 1.54) is 6.08 Å². The van der Waals surface area contributed by atoms with Crippen LogP contribution in [0.25, 0.3) is 6.08 Å². The number of aryl methyl sites for hydroxylation is 1. The van der Waals surface area contributed by atoms with Crippen LogP contribution in [0, 0.1) is 18.3 Å². The second-order valence-corrected chi connectivity index (χ2v) is 4.98. The van der Waals surface area contributed by atoms with Crippen LogP contribution in [-0.2, 0) is 4.79 Å². The molecule has 21 heavy (non-hydrogen) atoms. The van der Waals surface area contributed by atoms with Crippen LogP contribution in [0.15, 0.2) is 54.1 Å². The molecule has 0 aliphatic carbocycles. The molecule has 0 radical (unpaired) electrons. The summed E-state index contributed by atoms with van der Waals surface area (Å²) in [5.41, 5.74) is 2.43. The summed E-state index contributed by atoms with van der Waals surface area (Å²) in [6.07, 6.45) is 1.51. The molecule has 1 N–H and O–H groups in total. The maximum absolute atomic E-state index is 12.1. The molecule has 3 nitrogen and oxygen atoms in total. The highest BCUT2D eigenvalue weighted by molar-refractivity contribution is 6.30. The Morgan fingerprint density at radius 3 is 2.67 bits per heavy atom. The number of hydrogen-bond acceptors (Lipinski definition) is 2. The average Bonchev–Trinajstić information content (AvgIpc) is 2.44. The Morgan fingerprint density at radius 1 is 1.24 bits per heavy atom. The zero-order chi connectivity index (χ0) is 15.2. The minimum absolute atomic E-state index is 0.0266. The Balaban J connectivity index is 2.21. The molecule has 0 saturated heterocycles. The topological polar surface area (TPSA) is 52.9 Å². The minimum Gasteiger partial charge on any atom is -0.321 e. The van der Waals surface area contributed by atoms with Gasteiger partial charge in [-0.2, -0.15) is 5.26 Å². The zero-order valence-electron chi connectivity index (χ0n) is 11.4. The van der Waals surface area contributed by atoms with Gasteiger partial charge >= 0.3 is 0 Å². The molecule has 0 aliphatic rings. The first-order valence-corrected chi connectivity index (χ1v) is 6.71. The lowest BCUT2D eigenvalue weighted by molar-refractivity contribution is -0.112. The van der Waals surface area contributed by atoms with Crippen molar-refractivity contribution in [1.29, 1.82) is 5.26 Å². The normalized spacial score (nSPS) is 10.8. The van der Waals surface area contributed by atoms with E-state index in [0.29, 0.717) is 16.3 Å². The predicted octanol–water partition coefficient (Wildman–Crippen LogP) is 4.19. The number of hydrogen-bond donors (Lipinski definition) is 1. The molecule has 2 rings (SSSR count). The molecular formula is C17H13ClN2O. The molecule has 104 valence electrons. The van der Waals surface area contributed by atoms with Crippen LogP contribution in [0.1, 0.15) is 11.1 Å². The lowest BCUT2D eigenvalue weighted by atomic mass is 10.1. The Hall–Kier alpha value is -2.57. The van der Waals surface area contributed by atoms with Gasteiger partial charge in [0, 0.05) is 10.7 Å². The lowest BCUT2D eigenvalue weighted by Crippen LogP contribution is -2.13. The Kier molecular flexibility index (Phi) is 4.76. The van der Waals surface area contributed by atoms with Gasteiger partial charge in [-0.05, 0) is 48.4 Å². The van der Waals surface area contributed by atoms with E-state index in [2.05, 4.69) is 5.32 Å². The van der Waals surface area contributed by atoms with Crippen LogP contribution in [0.3, 0.4) is 0 Å². The molecule has 0 atom stereocenters. The van der Waals surface area contributed by atoms with E-state index >= 15 is 0 Å². The summed E-state index contributed by atoms with van der Waals surface area (Å²) < 4.78 is 0. The largest absolute Gasteiger partial charge is 0.321 e. The fourth-order valence-corrected chi connectivity index (χ4v) is 2.03. The van der Waals surface area contributed by atoms with Crippen LogP contribution < -0.4 is 5.32 Å². The summed E-state index contributed by atoms with van der Waals surface area (Å²) in [5, 5.41) is 12.4. The van der Waals surface area contributed by atoms with E-state index in [9.17, 15) is 4.79 Å². The van der Waals surface area contributed by atoms with Crippen LogP contribution in [0.2, 0.25) is 5.02 Å². The molecule has 0 aromatic heterocycles. The Morgan fingerprint density at radius 2 is 2.00 bits per heavy atom. The first-order chi connectivity index (χ1) is 10.1. The molecule has 0 bridgehead atoms. The first kappa shape index (κ1) is 14.8. The monoisotopic (exact) mass is 296 g/mol. The maximum atomic E-state index is 12.1. The van der Waals surface area contributed by atoms with Crippen LogP contribution in [-0.4, -0.2) is 5.91 Å². The van der Waals surface area contributed by atoms with Gasteiger partial charge in [0.1, 0.15) is 11.6 Å². The van der Waals surface area contributed by atoms with E-state index in [0.717, 1.165) is 5.56 Å². The van der Waals surface area contributed by atoms with E-state index < -0.39 is 5.91 Å². The van der Waals surface area contributed by atoms with Gasteiger partial charge in [0.05, 0.1) is 0 Å². The molecule has 0 aliphatic heterocycles. The average molecular weight is 297 g/mol. The second kappa shape index (κ2) is 6.74. The molecule has 2 aromatic rings. The van der Waals surface area contributed by atoms with Crippen LogP contribution in [0.4, 0.5) is 5.69 Å². The Labute approximate surface area is 128 Å². The van der Waals surface area contributed by atoms with Gasteiger partial charge in [0.2, 0.25) is 0 Å². The van der Waals surface area contributed by atoms with Gasteiger partial charge in [0.25, 0.3) is 5.91 Å². The number of benzene rings is 2. The third-order valence-electron chi connectivity index (χ3n) is 2.80. The number of nitriles is 1. The summed E-state index contributed by atoms with van der Waals surface area (Å²) in [4.78, 5) is 12.1. The number of nitrogens with one attached hydrogen (secondary N) is 1. The SMILES string of the molecule is Cc1cccc(NC(=O)/C(C#N)=C\c2cccc(Cl)c2)c1.